The van der Waals surface area contributed by atoms with Gasteiger partial charge >= 0.3 is 6.03 Å². The molecule has 0 saturated carbocycles. The molecule has 0 spiro atoms. The number of likely N-dealkylation sites (tertiary alicyclic amines) is 1. The Kier molecular flexibility index (Phi) is 4.66. The van der Waals surface area contributed by atoms with Crippen LogP contribution in [0.3, 0.4) is 0 Å². The van der Waals surface area contributed by atoms with Gasteiger partial charge in [-0.25, -0.2) is 4.79 Å². The van der Waals surface area contributed by atoms with Crippen molar-refractivity contribution in [1.29, 1.82) is 0 Å². The summed E-state index contributed by atoms with van der Waals surface area (Å²) in [6, 6.07) is 5.73. The van der Waals surface area contributed by atoms with E-state index in [-0.39, 0.29) is 6.03 Å². The van der Waals surface area contributed by atoms with E-state index in [0.29, 0.717) is 0 Å². The van der Waals surface area contributed by atoms with E-state index in [0.717, 1.165) is 49.3 Å². The van der Waals surface area contributed by atoms with Crippen LogP contribution in [0.2, 0.25) is 0 Å². The lowest BCUT2D eigenvalue weighted by Gasteiger charge is -2.21. The molecular formula is C15H23N3O. The van der Waals surface area contributed by atoms with Crippen LogP contribution >= 0.6 is 0 Å². The molecular weight excluding hydrogens is 238 g/mol. The highest BCUT2D eigenvalue weighted by Gasteiger charge is 2.15. The van der Waals surface area contributed by atoms with Crippen molar-refractivity contribution in [2.75, 3.05) is 24.1 Å². The second kappa shape index (κ2) is 6.45. The number of benzene rings is 1. The van der Waals surface area contributed by atoms with Gasteiger partial charge in [-0.05, 0) is 37.0 Å². The van der Waals surface area contributed by atoms with Gasteiger partial charge in [-0.3, -0.25) is 0 Å². The fourth-order valence-electron chi connectivity index (χ4n) is 2.47. The maximum Gasteiger partial charge on any atom is 0.321 e. The highest BCUT2D eigenvalue weighted by Crippen LogP contribution is 2.19. The molecule has 1 heterocycles. The Balaban J connectivity index is 1.99. The zero-order valence-electron chi connectivity index (χ0n) is 11.6. The minimum atomic E-state index is -0.00875. The van der Waals surface area contributed by atoms with Crippen molar-refractivity contribution in [2.45, 2.75) is 39.0 Å². The van der Waals surface area contributed by atoms with E-state index in [2.05, 4.69) is 12.2 Å². The van der Waals surface area contributed by atoms with Gasteiger partial charge in [0.25, 0.3) is 0 Å². The number of aryl methyl sites for hydroxylation is 1. The molecule has 1 aromatic rings. The lowest BCUT2D eigenvalue weighted by Crippen LogP contribution is -2.35. The first-order valence-corrected chi connectivity index (χ1v) is 7.15. The first kappa shape index (κ1) is 13.7. The largest absolute Gasteiger partial charge is 0.398 e. The number of nitrogens with zero attached hydrogens (tertiary/aromatic N) is 1. The maximum atomic E-state index is 12.2. The summed E-state index contributed by atoms with van der Waals surface area (Å²) < 4.78 is 0. The number of rotatable bonds is 2. The van der Waals surface area contributed by atoms with Gasteiger partial charge in [0.2, 0.25) is 0 Å². The van der Waals surface area contributed by atoms with Crippen molar-refractivity contribution in [2.24, 2.45) is 0 Å². The van der Waals surface area contributed by atoms with Gasteiger partial charge in [-0.15, -0.1) is 0 Å². The number of nitrogen functional groups attached to an aromatic ring is 1. The van der Waals surface area contributed by atoms with E-state index in [1.54, 1.807) is 0 Å². The topological polar surface area (TPSA) is 58.4 Å². The van der Waals surface area contributed by atoms with Crippen molar-refractivity contribution in [3.05, 3.63) is 23.8 Å². The first-order chi connectivity index (χ1) is 9.20. The minimum absolute atomic E-state index is 0.00875. The molecule has 1 aliphatic heterocycles. The number of urea groups is 1. The van der Waals surface area contributed by atoms with Crippen LogP contribution in [0.1, 0.15) is 38.2 Å². The number of hydrogen-bond acceptors (Lipinski definition) is 2. The molecule has 0 radical (unpaired) electrons. The highest BCUT2D eigenvalue weighted by molar-refractivity contribution is 5.90. The van der Waals surface area contributed by atoms with E-state index in [9.17, 15) is 4.79 Å². The normalized spacial score (nSPS) is 15.9. The van der Waals surface area contributed by atoms with Crippen LogP contribution in [0, 0.1) is 0 Å². The third kappa shape index (κ3) is 3.63. The van der Waals surface area contributed by atoms with E-state index in [4.69, 9.17) is 5.73 Å². The molecule has 2 rings (SSSR count). The van der Waals surface area contributed by atoms with Gasteiger partial charge in [-0.1, -0.05) is 25.8 Å². The highest BCUT2D eigenvalue weighted by atomic mass is 16.2. The molecule has 4 heteroatoms. The Morgan fingerprint density at radius 3 is 2.53 bits per heavy atom. The summed E-state index contributed by atoms with van der Waals surface area (Å²) in [4.78, 5) is 14.1. The Hall–Kier alpha value is -1.71. The fourth-order valence-corrected chi connectivity index (χ4v) is 2.47. The summed E-state index contributed by atoms with van der Waals surface area (Å²) in [5.41, 5.74) is 8.59. The first-order valence-electron chi connectivity index (χ1n) is 7.15. The molecule has 1 aromatic carbocycles. The predicted octanol–water partition coefficient (Wildman–Crippen LogP) is 3.24. The molecule has 19 heavy (non-hydrogen) atoms. The summed E-state index contributed by atoms with van der Waals surface area (Å²) in [5.74, 6) is 0. The van der Waals surface area contributed by atoms with Crippen molar-refractivity contribution in [3.63, 3.8) is 0 Å². The van der Waals surface area contributed by atoms with E-state index in [1.807, 2.05) is 23.1 Å². The van der Waals surface area contributed by atoms with Crippen molar-refractivity contribution >= 4 is 17.4 Å². The monoisotopic (exact) mass is 261 g/mol. The Morgan fingerprint density at radius 1 is 1.26 bits per heavy atom. The molecule has 2 amide bonds. The van der Waals surface area contributed by atoms with Crippen LogP contribution in [0.4, 0.5) is 16.2 Å². The van der Waals surface area contributed by atoms with Gasteiger partial charge in [0, 0.05) is 24.5 Å². The van der Waals surface area contributed by atoms with Crippen LogP contribution in [0.5, 0.6) is 0 Å². The summed E-state index contributed by atoms with van der Waals surface area (Å²) >= 11 is 0. The SMILES string of the molecule is CCc1ccc(NC(=O)N2CCCCCC2)cc1N. The summed E-state index contributed by atoms with van der Waals surface area (Å²) in [6.45, 7) is 3.78. The summed E-state index contributed by atoms with van der Waals surface area (Å²) in [6.07, 6.45) is 5.56. The standard InChI is InChI=1S/C15H23N3O/c1-2-12-7-8-13(11-14(12)16)17-15(19)18-9-5-3-4-6-10-18/h7-8,11H,2-6,9-10,16H2,1H3,(H,17,19). The number of carbonyl (C=O) groups excluding carboxylic acids is 1. The van der Waals surface area contributed by atoms with Gasteiger partial charge < -0.3 is 16.0 Å². The zero-order valence-corrected chi connectivity index (χ0v) is 11.6. The van der Waals surface area contributed by atoms with Gasteiger partial charge in [-0.2, -0.15) is 0 Å². The second-order valence-electron chi connectivity index (χ2n) is 5.10. The second-order valence-corrected chi connectivity index (χ2v) is 5.10. The number of nitrogens with two attached hydrogens (primary N) is 1. The molecule has 0 aromatic heterocycles. The molecule has 0 aliphatic carbocycles. The van der Waals surface area contributed by atoms with Gasteiger partial charge in [0.05, 0.1) is 0 Å². The van der Waals surface area contributed by atoms with Crippen LogP contribution < -0.4 is 11.1 Å². The molecule has 1 fully saturated rings. The minimum Gasteiger partial charge on any atom is -0.398 e. The van der Waals surface area contributed by atoms with Crippen molar-refractivity contribution in [1.82, 2.24) is 4.90 Å². The molecule has 4 nitrogen and oxygen atoms in total. The molecule has 1 saturated heterocycles. The Labute approximate surface area is 115 Å². The fraction of sp³-hybridized carbons (Fsp3) is 0.533. The molecule has 3 N–H and O–H groups in total. The maximum absolute atomic E-state index is 12.2. The summed E-state index contributed by atoms with van der Waals surface area (Å²) in [7, 11) is 0. The van der Waals surface area contributed by atoms with Crippen LogP contribution in [-0.4, -0.2) is 24.0 Å². The van der Waals surface area contributed by atoms with Crippen LogP contribution in [-0.2, 0) is 6.42 Å². The van der Waals surface area contributed by atoms with Crippen LogP contribution in [0.15, 0.2) is 18.2 Å². The average molecular weight is 261 g/mol. The van der Waals surface area contributed by atoms with Gasteiger partial charge in [0.1, 0.15) is 0 Å². The van der Waals surface area contributed by atoms with E-state index in [1.165, 1.54) is 12.8 Å². The molecule has 0 atom stereocenters. The summed E-state index contributed by atoms with van der Waals surface area (Å²) in [5, 5.41) is 2.94. The van der Waals surface area contributed by atoms with Crippen molar-refractivity contribution < 1.29 is 4.79 Å². The third-order valence-corrected chi connectivity index (χ3v) is 3.67. The number of hydrogen-bond donors (Lipinski definition) is 2. The average Bonchev–Trinajstić information content (AvgIpc) is 2.68. The number of nitrogens with one attached hydrogen (secondary N) is 1. The lowest BCUT2D eigenvalue weighted by atomic mass is 10.1. The lowest BCUT2D eigenvalue weighted by molar-refractivity contribution is 0.214. The third-order valence-electron chi connectivity index (χ3n) is 3.67. The Bertz CT molecular complexity index is 437. The number of amides is 2. The molecule has 0 bridgehead atoms. The Morgan fingerprint density at radius 2 is 1.95 bits per heavy atom. The molecule has 1 aliphatic rings. The smallest absolute Gasteiger partial charge is 0.321 e. The van der Waals surface area contributed by atoms with Crippen molar-refractivity contribution in [3.8, 4) is 0 Å². The van der Waals surface area contributed by atoms with E-state index >= 15 is 0 Å². The predicted molar refractivity (Wildman–Crippen MR) is 79.3 cm³/mol. The van der Waals surface area contributed by atoms with Gasteiger partial charge in [0.15, 0.2) is 0 Å². The molecule has 104 valence electrons. The quantitative estimate of drug-likeness (QED) is 0.803. The number of anilines is 2. The zero-order chi connectivity index (χ0) is 13.7. The molecule has 0 unspecified atom stereocenters. The van der Waals surface area contributed by atoms with E-state index < -0.39 is 0 Å². The van der Waals surface area contributed by atoms with Crippen LogP contribution in [0.25, 0.3) is 0 Å². The number of carbonyl (C=O) groups is 1.